The molecule has 2 unspecified atom stereocenters. The van der Waals surface area contributed by atoms with Crippen LogP contribution in [0, 0.1) is 5.92 Å². The molecule has 13 heavy (non-hydrogen) atoms. The molecule has 0 aromatic carbocycles. The fraction of sp³-hybridized carbons (Fsp3) is 0.900. The normalized spacial score (nSPS) is 29.2. The molecule has 3 nitrogen and oxygen atoms in total. The van der Waals surface area contributed by atoms with Crippen molar-refractivity contribution in [2.45, 2.75) is 51.6 Å². The Kier molecular flexibility index (Phi) is 2.96. The molecule has 0 aromatic heterocycles. The van der Waals surface area contributed by atoms with Gasteiger partial charge in [0.1, 0.15) is 0 Å². The largest absolute Gasteiger partial charge is 0.368 e. The minimum absolute atomic E-state index is 0.272. The Morgan fingerprint density at radius 1 is 1.46 bits per heavy atom. The highest BCUT2D eigenvalue weighted by Gasteiger charge is 2.32. The second-order valence-corrected chi connectivity index (χ2v) is 4.65. The number of nitrogens with two attached hydrogens (primary N) is 1. The average Bonchev–Trinajstić information content (AvgIpc) is 2.35. The first-order valence-electron chi connectivity index (χ1n) is 5.01. The van der Waals surface area contributed by atoms with E-state index in [0.717, 1.165) is 6.42 Å². The van der Waals surface area contributed by atoms with Crippen molar-refractivity contribution in [3.8, 4) is 0 Å². The number of hydrogen-bond donors (Lipinski definition) is 2. The van der Waals surface area contributed by atoms with Gasteiger partial charge in [-0.25, -0.2) is 0 Å². The van der Waals surface area contributed by atoms with Gasteiger partial charge in [0.15, 0.2) is 0 Å². The van der Waals surface area contributed by atoms with Crippen LogP contribution in [0.5, 0.6) is 0 Å². The lowest BCUT2D eigenvalue weighted by atomic mass is 9.99. The molecule has 1 aliphatic rings. The Morgan fingerprint density at radius 2 is 2.08 bits per heavy atom. The first-order valence-corrected chi connectivity index (χ1v) is 5.01. The molecule has 1 fully saturated rings. The predicted molar refractivity (Wildman–Crippen MR) is 53.2 cm³/mol. The van der Waals surface area contributed by atoms with E-state index in [1.807, 2.05) is 13.8 Å². The highest BCUT2D eigenvalue weighted by Crippen LogP contribution is 2.26. The van der Waals surface area contributed by atoms with E-state index < -0.39 is 5.54 Å². The number of amides is 1. The van der Waals surface area contributed by atoms with Gasteiger partial charge in [0.25, 0.3) is 0 Å². The highest BCUT2D eigenvalue weighted by molar-refractivity contribution is 5.83. The van der Waals surface area contributed by atoms with Crippen LogP contribution in [0.3, 0.4) is 0 Å². The lowest BCUT2D eigenvalue weighted by molar-refractivity contribution is -0.123. The van der Waals surface area contributed by atoms with Crippen LogP contribution in [0.2, 0.25) is 0 Å². The van der Waals surface area contributed by atoms with Crippen LogP contribution in [0.4, 0.5) is 0 Å². The van der Waals surface area contributed by atoms with E-state index in [9.17, 15) is 4.79 Å². The van der Waals surface area contributed by atoms with Gasteiger partial charge in [-0.15, -0.1) is 0 Å². The molecule has 0 saturated heterocycles. The molecule has 1 rings (SSSR count). The second-order valence-electron chi connectivity index (χ2n) is 4.65. The molecule has 0 aliphatic heterocycles. The summed E-state index contributed by atoms with van der Waals surface area (Å²) >= 11 is 0. The molecular weight excluding hydrogens is 164 g/mol. The first-order chi connectivity index (χ1) is 5.93. The van der Waals surface area contributed by atoms with Crippen molar-refractivity contribution in [1.82, 2.24) is 5.32 Å². The van der Waals surface area contributed by atoms with Gasteiger partial charge in [-0.05, 0) is 32.6 Å². The molecule has 0 aromatic rings. The summed E-state index contributed by atoms with van der Waals surface area (Å²) in [5, 5.41) is 3.33. The molecule has 3 heteroatoms. The summed E-state index contributed by atoms with van der Waals surface area (Å²) in [7, 11) is 0. The van der Waals surface area contributed by atoms with Crippen molar-refractivity contribution in [1.29, 1.82) is 0 Å². The van der Waals surface area contributed by atoms with Crippen LogP contribution in [0.1, 0.15) is 40.0 Å². The van der Waals surface area contributed by atoms with Crippen molar-refractivity contribution in [2.75, 3.05) is 0 Å². The monoisotopic (exact) mass is 184 g/mol. The van der Waals surface area contributed by atoms with E-state index in [1.165, 1.54) is 12.8 Å². The summed E-state index contributed by atoms with van der Waals surface area (Å²) in [5.41, 5.74) is 4.73. The highest BCUT2D eigenvalue weighted by atomic mass is 16.1. The van der Waals surface area contributed by atoms with Crippen LogP contribution in [0.15, 0.2) is 0 Å². The molecule has 0 spiro atoms. The summed E-state index contributed by atoms with van der Waals surface area (Å²) in [4.78, 5) is 11.1. The lowest BCUT2D eigenvalue weighted by Gasteiger charge is -2.29. The molecule has 0 radical (unpaired) electrons. The minimum Gasteiger partial charge on any atom is -0.368 e. The van der Waals surface area contributed by atoms with Crippen LogP contribution in [0.25, 0.3) is 0 Å². The predicted octanol–water partition coefficient (Wildman–Crippen LogP) is 1.03. The van der Waals surface area contributed by atoms with Crippen LogP contribution < -0.4 is 11.1 Å². The molecule has 2 atom stereocenters. The molecule has 76 valence electrons. The lowest BCUT2D eigenvalue weighted by Crippen LogP contribution is -2.55. The van der Waals surface area contributed by atoms with Crippen LogP contribution in [-0.2, 0) is 4.79 Å². The molecular formula is C10H20N2O. The fourth-order valence-corrected chi connectivity index (χ4v) is 1.89. The summed E-state index contributed by atoms with van der Waals surface area (Å²) in [6.07, 6.45) is 3.68. The number of primary amides is 1. The molecule has 1 saturated carbocycles. The van der Waals surface area contributed by atoms with Crippen molar-refractivity contribution in [3.05, 3.63) is 0 Å². The van der Waals surface area contributed by atoms with Gasteiger partial charge in [0.05, 0.1) is 5.54 Å². The Hall–Kier alpha value is -0.570. The van der Waals surface area contributed by atoms with E-state index in [1.54, 1.807) is 0 Å². The van der Waals surface area contributed by atoms with Crippen LogP contribution >= 0.6 is 0 Å². The third-order valence-corrected chi connectivity index (χ3v) is 3.02. The Labute approximate surface area is 80.1 Å². The van der Waals surface area contributed by atoms with Crippen molar-refractivity contribution < 1.29 is 4.79 Å². The zero-order valence-electron chi connectivity index (χ0n) is 8.76. The van der Waals surface area contributed by atoms with Crippen molar-refractivity contribution in [3.63, 3.8) is 0 Å². The van der Waals surface area contributed by atoms with Gasteiger partial charge in [-0.3, -0.25) is 4.79 Å². The third-order valence-electron chi connectivity index (χ3n) is 3.02. The second kappa shape index (κ2) is 3.66. The van der Waals surface area contributed by atoms with Gasteiger partial charge in [-0.1, -0.05) is 13.3 Å². The summed E-state index contributed by atoms with van der Waals surface area (Å²) in [6, 6.07) is 0.461. The van der Waals surface area contributed by atoms with Crippen molar-refractivity contribution in [2.24, 2.45) is 11.7 Å². The molecule has 1 amide bonds. The Morgan fingerprint density at radius 3 is 2.46 bits per heavy atom. The number of carbonyl (C=O) groups excluding carboxylic acids is 1. The smallest absolute Gasteiger partial charge is 0.237 e. The topological polar surface area (TPSA) is 55.1 Å². The zero-order chi connectivity index (χ0) is 10.1. The summed E-state index contributed by atoms with van der Waals surface area (Å²) in [6.45, 7) is 5.92. The Bertz CT molecular complexity index is 201. The van der Waals surface area contributed by atoms with Crippen molar-refractivity contribution >= 4 is 5.91 Å². The molecule has 3 N–H and O–H groups in total. The maximum atomic E-state index is 11.1. The Balaban J connectivity index is 2.52. The maximum Gasteiger partial charge on any atom is 0.237 e. The third kappa shape index (κ3) is 2.44. The molecule has 0 heterocycles. The fourth-order valence-electron chi connectivity index (χ4n) is 1.89. The minimum atomic E-state index is -0.566. The number of rotatable bonds is 3. The summed E-state index contributed by atoms with van der Waals surface area (Å²) < 4.78 is 0. The van der Waals surface area contributed by atoms with E-state index in [4.69, 9.17) is 5.73 Å². The molecule has 1 aliphatic carbocycles. The van der Waals surface area contributed by atoms with Gasteiger partial charge < -0.3 is 11.1 Å². The standard InChI is InChI=1S/C10H20N2O/c1-7-5-4-6-8(7)12-10(2,3)9(11)13/h7-8,12H,4-6H2,1-3H3,(H2,11,13). The average molecular weight is 184 g/mol. The van der Waals surface area contributed by atoms with E-state index in [0.29, 0.717) is 12.0 Å². The maximum absolute atomic E-state index is 11.1. The summed E-state index contributed by atoms with van der Waals surface area (Å²) in [5.74, 6) is 0.394. The van der Waals surface area contributed by atoms with E-state index in [-0.39, 0.29) is 5.91 Å². The quantitative estimate of drug-likeness (QED) is 0.688. The van der Waals surface area contributed by atoms with E-state index in [2.05, 4.69) is 12.2 Å². The SMILES string of the molecule is CC1CCCC1NC(C)(C)C(N)=O. The first kappa shape index (κ1) is 10.5. The van der Waals surface area contributed by atoms with Gasteiger partial charge >= 0.3 is 0 Å². The van der Waals surface area contributed by atoms with Gasteiger partial charge in [0.2, 0.25) is 5.91 Å². The van der Waals surface area contributed by atoms with E-state index >= 15 is 0 Å². The number of nitrogens with one attached hydrogen (secondary N) is 1. The molecule has 0 bridgehead atoms. The zero-order valence-corrected chi connectivity index (χ0v) is 8.76. The number of carbonyl (C=O) groups is 1. The number of hydrogen-bond acceptors (Lipinski definition) is 2. The van der Waals surface area contributed by atoms with Gasteiger partial charge in [0, 0.05) is 6.04 Å². The van der Waals surface area contributed by atoms with Crippen LogP contribution in [-0.4, -0.2) is 17.5 Å². The van der Waals surface area contributed by atoms with Gasteiger partial charge in [-0.2, -0.15) is 0 Å².